The summed E-state index contributed by atoms with van der Waals surface area (Å²) in [6.07, 6.45) is 4.67. The zero-order valence-electron chi connectivity index (χ0n) is 13.0. The second-order valence-corrected chi connectivity index (χ2v) is 6.92. The van der Waals surface area contributed by atoms with Crippen molar-refractivity contribution in [2.45, 2.75) is 45.1 Å². The third kappa shape index (κ3) is 2.84. The molecular formula is C15H28N4. The molecule has 2 atom stereocenters. The van der Waals surface area contributed by atoms with Gasteiger partial charge in [-0.3, -0.25) is 9.58 Å². The Balaban J connectivity index is 2.44. The molecule has 0 aromatic carbocycles. The fourth-order valence-electron chi connectivity index (χ4n) is 3.30. The Morgan fingerprint density at radius 3 is 2.63 bits per heavy atom. The molecule has 2 rings (SSSR count). The van der Waals surface area contributed by atoms with Crippen molar-refractivity contribution in [1.82, 2.24) is 14.7 Å². The summed E-state index contributed by atoms with van der Waals surface area (Å²) in [5.41, 5.74) is 8.67. The number of hydrogen-bond acceptors (Lipinski definition) is 3. The molecule has 0 radical (unpaired) electrons. The van der Waals surface area contributed by atoms with Gasteiger partial charge in [-0.1, -0.05) is 20.8 Å². The zero-order chi connectivity index (χ0) is 14.2. The number of nitrogens with zero attached hydrogens (tertiary/aromatic N) is 3. The lowest BCUT2D eigenvalue weighted by atomic mass is 9.80. The fourth-order valence-corrected chi connectivity index (χ4v) is 3.30. The van der Waals surface area contributed by atoms with Gasteiger partial charge in [0.05, 0.1) is 5.69 Å². The van der Waals surface area contributed by atoms with E-state index in [1.807, 2.05) is 11.7 Å². The molecule has 0 spiro atoms. The van der Waals surface area contributed by atoms with Crippen LogP contribution in [0, 0.1) is 5.92 Å². The molecule has 108 valence electrons. The lowest BCUT2D eigenvalue weighted by Crippen LogP contribution is -2.40. The maximum absolute atomic E-state index is 6.01. The average Bonchev–Trinajstić information content (AvgIpc) is 2.70. The maximum atomic E-state index is 6.01. The van der Waals surface area contributed by atoms with Crippen LogP contribution in [-0.2, 0) is 12.5 Å². The van der Waals surface area contributed by atoms with E-state index in [1.165, 1.54) is 24.1 Å². The zero-order valence-corrected chi connectivity index (χ0v) is 13.0. The molecule has 19 heavy (non-hydrogen) atoms. The molecule has 0 bridgehead atoms. The third-order valence-corrected chi connectivity index (χ3v) is 4.20. The highest BCUT2D eigenvalue weighted by Crippen LogP contribution is 2.38. The van der Waals surface area contributed by atoms with Crippen LogP contribution in [-0.4, -0.2) is 34.8 Å². The molecule has 4 heteroatoms. The standard InChI is InChI=1S/C15H28N4/c1-15(2,3)14-12(10-19(5)17-14)13-11(9-16)7-6-8-18(13)4/h10-11,13H,6-9,16H2,1-5H3. The van der Waals surface area contributed by atoms with Crippen LogP contribution in [0.1, 0.15) is 50.9 Å². The fraction of sp³-hybridized carbons (Fsp3) is 0.800. The van der Waals surface area contributed by atoms with Gasteiger partial charge in [0.15, 0.2) is 0 Å². The molecule has 1 saturated heterocycles. The predicted octanol–water partition coefficient (Wildman–Crippen LogP) is 2.06. The highest BCUT2D eigenvalue weighted by Gasteiger charge is 2.35. The summed E-state index contributed by atoms with van der Waals surface area (Å²) in [7, 11) is 4.23. The summed E-state index contributed by atoms with van der Waals surface area (Å²) in [5, 5.41) is 4.71. The molecule has 1 aliphatic heterocycles. The summed E-state index contributed by atoms with van der Waals surface area (Å²) >= 11 is 0. The monoisotopic (exact) mass is 264 g/mol. The largest absolute Gasteiger partial charge is 0.330 e. The highest BCUT2D eigenvalue weighted by molar-refractivity contribution is 5.28. The van der Waals surface area contributed by atoms with E-state index in [9.17, 15) is 0 Å². The smallest absolute Gasteiger partial charge is 0.0725 e. The van der Waals surface area contributed by atoms with E-state index in [-0.39, 0.29) is 5.41 Å². The molecule has 1 aromatic rings. The SMILES string of the molecule is CN1CCCC(CN)C1c1cn(C)nc1C(C)(C)C. The molecule has 1 aliphatic rings. The number of likely N-dealkylation sites (tertiary alicyclic amines) is 1. The lowest BCUT2D eigenvalue weighted by molar-refractivity contribution is 0.124. The van der Waals surface area contributed by atoms with Crippen LogP contribution >= 0.6 is 0 Å². The lowest BCUT2D eigenvalue weighted by Gasteiger charge is -2.39. The number of aromatic nitrogens is 2. The van der Waals surface area contributed by atoms with E-state index in [1.54, 1.807) is 0 Å². The van der Waals surface area contributed by atoms with Crippen molar-refractivity contribution in [3.8, 4) is 0 Å². The van der Waals surface area contributed by atoms with Crippen molar-refractivity contribution >= 4 is 0 Å². The van der Waals surface area contributed by atoms with Crippen molar-refractivity contribution < 1.29 is 0 Å². The molecule has 0 amide bonds. The number of nitrogens with two attached hydrogens (primary N) is 1. The first-order valence-corrected chi connectivity index (χ1v) is 7.29. The predicted molar refractivity (Wildman–Crippen MR) is 79.1 cm³/mol. The number of piperidine rings is 1. The summed E-state index contributed by atoms with van der Waals surface area (Å²) in [5.74, 6) is 0.545. The summed E-state index contributed by atoms with van der Waals surface area (Å²) in [6, 6.07) is 0.418. The van der Waals surface area contributed by atoms with Crippen LogP contribution in [0.3, 0.4) is 0 Å². The van der Waals surface area contributed by atoms with Crippen LogP contribution in [0.5, 0.6) is 0 Å². The van der Waals surface area contributed by atoms with Crippen molar-refractivity contribution in [2.75, 3.05) is 20.1 Å². The van der Waals surface area contributed by atoms with E-state index >= 15 is 0 Å². The van der Waals surface area contributed by atoms with Crippen molar-refractivity contribution in [3.05, 3.63) is 17.5 Å². The number of aryl methyl sites for hydroxylation is 1. The van der Waals surface area contributed by atoms with Crippen LogP contribution < -0.4 is 5.73 Å². The van der Waals surface area contributed by atoms with Crippen LogP contribution in [0.2, 0.25) is 0 Å². The topological polar surface area (TPSA) is 47.1 Å². The quantitative estimate of drug-likeness (QED) is 0.889. The summed E-state index contributed by atoms with van der Waals surface area (Å²) < 4.78 is 1.95. The Hall–Kier alpha value is -0.870. The van der Waals surface area contributed by atoms with Gasteiger partial charge in [-0.15, -0.1) is 0 Å². The number of hydrogen-bond donors (Lipinski definition) is 1. The normalized spacial score (nSPS) is 25.8. The van der Waals surface area contributed by atoms with Crippen molar-refractivity contribution in [2.24, 2.45) is 18.7 Å². The Labute approximate surface area is 117 Å². The summed E-state index contributed by atoms with van der Waals surface area (Å²) in [4.78, 5) is 2.45. The molecule has 0 aliphatic carbocycles. The first kappa shape index (κ1) is 14.5. The summed E-state index contributed by atoms with van der Waals surface area (Å²) in [6.45, 7) is 8.62. The Morgan fingerprint density at radius 2 is 2.05 bits per heavy atom. The minimum Gasteiger partial charge on any atom is -0.330 e. The first-order chi connectivity index (χ1) is 8.84. The van der Waals surface area contributed by atoms with E-state index in [2.05, 4.69) is 38.9 Å². The van der Waals surface area contributed by atoms with Crippen LogP contribution in [0.4, 0.5) is 0 Å². The molecule has 0 saturated carbocycles. The van der Waals surface area contributed by atoms with Gasteiger partial charge < -0.3 is 5.73 Å². The van der Waals surface area contributed by atoms with Crippen molar-refractivity contribution in [3.63, 3.8) is 0 Å². The molecule has 4 nitrogen and oxygen atoms in total. The van der Waals surface area contributed by atoms with Crippen molar-refractivity contribution in [1.29, 1.82) is 0 Å². The molecule has 2 unspecified atom stereocenters. The molecular weight excluding hydrogens is 236 g/mol. The van der Waals surface area contributed by atoms with Gasteiger partial charge >= 0.3 is 0 Å². The number of rotatable bonds is 2. The van der Waals surface area contributed by atoms with E-state index in [0.29, 0.717) is 12.0 Å². The molecule has 2 heterocycles. The van der Waals surface area contributed by atoms with E-state index in [4.69, 9.17) is 10.8 Å². The molecule has 1 fully saturated rings. The second kappa shape index (κ2) is 5.25. The van der Waals surface area contributed by atoms with Gasteiger partial charge in [0.1, 0.15) is 0 Å². The molecule has 2 N–H and O–H groups in total. The Bertz CT molecular complexity index is 430. The first-order valence-electron chi connectivity index (χ1n) is 7.29. The minimum absolute atomic E-state index is 0.0774. The van der Waals surface area contributed by atoms with E-state index < -0.39 is 0 Å². The second-order valence-electron chi connectivity index (χ2n) is 6.92. The maximum Gasteiger partial charge on any atom is 0.0725 e. The Kier molecular flexibility index (Phi) is 4.02. The Morgan fingerprint density at radius 1 is 1.37 bits per heavy atom. The third-order valence-electron chi connectivity index (χ3n) is 4.20. The van der Waals surface area contributed by atoms with Crippen LogP contribution in [0.15, 0.2) is 6.20 Å². The highest BCUT2D eigenvalue weighted by atomic mass is 15.3. The minimum atomic E-state index is 0.0774. The van der Waals surface area contributed by atoms with Gasteiger partial charge in [-0.05, 0) is 38.9 Å². The average molecular weight is 264 g/mol. The van der Waals surface area contributed by atoms with Gasteiger partial charge in [0, 0.05) is 30.3 Å². The van der Waals surface area contributed by atoms with Gasteiger partial charge in [0.25, 0.3) is 0 Å². The van der Waals surface area contributed by atoms with Crippen LogP contribution in [0.25, 0.3) is 0 Å². The van der Waals surface area contributed by atoms with E-state index in [0.717, 1.165) is 13.1 Å². The van der Waals surface area contributed by atoms with Gasteiger partial charge in [-0.2, -0.15) is 5.10 Å². The van der Waals surface area contributed by atoms with Gasteiger partial charge in [0.2, 0.25) is 0 Å². The van der Waals surface area contributed by atoms with Gasteiger partial charge in [-0.25, -0.2) is 0 Å². The molecule has 1 aromatic heterocycles.